The molecule has 6 heteroatoms. The lowest BCUT2D eigenvalue weighted by atomic mass is 10.00. The van der Waals surface area contributed by atoms with E-state index in [1.54, 1.807) is 25.3 Å². The summed E-state index contributed by atoms with van der Waals surface area (Å²) in [6.45, 7) is 1.80. The monoisotopic (exact) mass is 287 g/mol. The third-order valence-electron chi connectivity index (χ3n) is 3.13. The van der Waals surface area contributed by atoms with E-state index in [1.165, 1.54) is 12.1 Å². The van der Waals surface area contributed by atoms with Crippen LogP contribution in [-0.2, 0) is 0 Å². The molecule has 0 saturated heterocycles. The van der Waals surface area contributed by atoms with Crippen LogP contribution in [0.15, 0.2) is 41.1 Å². The van der Waals surface area contributed by atoms with Crippen molar-refractivity contribution in [1.29, 1.82) is 0 Å². The van der Waals surface area contributed by atoms with Crippen LogP contribution in [-0.4, -0.2) is 10.1 Å². The lowest BCUT2D eigenvalue weighted by Gasteiger charge is -2.05. The zero-order valence-corrected chi connectivity index (χ0v) is 11.1. The summed E-state index contributed by atoms with van der Waals surface area (Å²) in [4.78, 5) is 4.16. The van der Waals surface area contributed by atoms with Crippen molar-refractivity contribution in [3.8, 4) is 22.4 Å². The van der Waals surface area contributed by atoms with Gasteiger partial charge in [0.25, 0.3) is 0 Å². The number of aryl methyl sites for hydroxylation is 1. The molecule has 0 bridgehead atoms. The molecule has 0 unspecified atom stereocenters. The topological polar surface area (TPSA) is 64.9 Å². The molecule has 0 aliphatic carbocycles. The van der Waals surface area contributed by atoms with Crippen molar-refractivity contribution in [1.82, 2.24) is 10.1 Å². The minimum absolute atomic E-state index is 0.00162. The van der Waals surface area contributed by atoms with E-state index in [1.807, 2.05) is 0 Å². The normalized spacial score (nSPS) is 10.8. The Morgan fingerprint density at radius 3 is 2.52 bits per heavy atom. The highest BCUT2D eigenvalue weighted by molar-refractivity contribution is 5.87. The molecule has 0 saturated carbocycles. The Morgan fingerprint density at radius 1 is 1.14 bits per heavy atom. The van der Waals surface area contributed by atoms with Crippen molar-refractivity contribution in [2.24, 2.45) is 0 Å². The Balaban J connectivity index is 2.25. The van der Waals surface area contributed by atoms with Gasteiger partial charge in [-0.25, -0.2) is 8.78 Å². The molecule has 21 heavy (non-hydrogen) atoms. The van der Waals surface area contributed by atoms with Gasteiger partial charge in [-0.3, -0.25) is 4.98 Å². The molecule has 4 nitrogen and oxygen atoms in total. The quantitative estimate of drug-likeness (QED) is 0.782. The highest BCUT2D eigenvalue weighted by Crippen LogP contribution is 2.37. The predicted molar refractivity (Wildman–Crippen MR) is 74.2 cm³/mol. The summed E-state index contributed by atoms with van der Waals surface area (Å²) in [7, 11) is 0. The number of benzene rings is 1. The molecule has 3 aromatic rings. The number of pyridine rings is 1. The maximum Gasteiger partial charge on any atom is 0.230 e. The van der Waals surface area contributed by atoms with E-state index >= 15 is 0 Å². The van der Waals surface area contributed by atoms with Crippen LogP contribution in [0.4, 0.5) is 14.7 Å². The molecule has 0 fully saturated rings. The summed E-state index contributed by atoms with van der Waals surface area (Å²) in [5, 5.41) is 3.90. The van der Waals surface area contributed by atoms with Gasteiger partial charge in [0.05, 0.1) is 5.56 Å². The van der Waals surface area contributed by atoms with Crippen LogP contribution in [0.5, 0.6) is 0 Å². The van der Waals surface area contributed by atoms with E-state index in [-0.39, 0.29) is 11.4 Å². The maximum absolute atomic E-state index is 13.4. The fourth-order valence-electron chi connectivity index (χ4n) is 2.20. The van der Waals surface area contributed by atoms with E-state index in [0.29, 0.717) is 22.5 Å². The first kappa shape index (κ1) is 13.2. The first-order valence-corrected chi connectivity index (χ1v) is 6.20. The number of nitrogens with two attached hydrogens (primary N) is 1. The number of nitrogen functional groups attached to an aromatic ring is 1. The molecule has 0 spiro atoms. The van der Waals surface area contributed by atoms with Crippen LogP contribution in [0.3, 0.4) is 0 Å². The van der Waals surface area contributed by atoms with Gasteiger partial charge in [0, 0.05) is 23.5 Å². The van der Waals surface area contributed by atoms with Gasteiger partial charge < -0.3 is 10.3 Å². The average Bonchev–Trinajstić information content (AvgIpc) is 2.80. The van der Waals surface area contributed by atoms with Crippen LogP contribution in [0.2, 0.25) is 0 Å². The summed E-state index contributed by atoms with van der Waals surface area (Å²) in [5.41, 5.74) is 8.20. The molecule has 1 aromatic carbocycles. The largest absolute Gasteiger partial charge is 0.367 e. The van der Waals surface area contributed by atoms with E-state index in [0.717, 1.165) is 6.07 Å². The summed E-state index contributed by atoms with van der Waals surface area (Å²) in [5.74, 6) is -1.39. The molecular weight excluding hydrogens is 276 g/mol. The number of aromatic nitrogens is 2. The van der Waals surface area contributed by atoms with Crippen molar-refractivity contribution < 1.29 is 13.3 Å². The first-order valence-electron chi connectivity index (χ1n) is 6.20. The Morgan fingerprint density at radius 2 is 1.86 bits per heavy atom. The molecule has 3 rings (SSSR count). The zero-order valence-electron chi connectivity index (χ0n) is 11.1. The van der Waals surface area contributed by atoms with Crippen LogP contribution >= 0.6 is 0 Å². The first-order chi connectivity index (χ1) is 10.1. The van der Waals surface area contributed by atoms with Crippen LogP contribution < -0.4 is 5.73 Å². The average molecular weight is 287 g/mol. The van der Waals surface area contributed by atoms with Crippen LogP contribution in [0.25, 0.3) is 22.4 Å². The highest BCUT2D eigenvalue weighted by Gasteiger charge is 2.20. The van der Waals surface area contributed by atoms with Crippen LogP contribution in [0, 0.1) is 18.6 Å². The number of halogens is 2. The number of nitrogens with zero attached hydrogens (tertiary/aromatic N) is 2. The van der Waals surface area contributed by atoms with Gasteiger partial charge in [0.15, 0.2) is 0 Å². The van der Waals surface area contributed by atoms with Gasteiger partial charge in [0.1, 0.15) is 17.3 Å². The van der Waals surface area contributed by atoms with Gasteiger partial charge in [-0.05, 0) is 36.8 Å². The standard InChI is InChI=1S/C15H11F2N3O/c1-8-12(3-2-4-19-8)14-13(15(18)21-20-14)9-5-10(16)7-11(17)6-9/h2-7H,18H2,1H3. The van der Waals surface area contributed by atoms with Gasteiger partial charge in [-0.2, -0.15) is 0 Å². The Bertz CT molecular complexity index is 794. The Hall–Kier alpha value is -2.76. The molecule has 2 N–H and O–H groups in total. The second kappa shape index (κ2) is 4.97. The van der Waals surface area contributed by atoms with Gasteiger partial charge in [-0.15, -0.1) is 0 Å². The van der Waals surface area contributed by atoms with E-state index < -0.39 is 11.6 Å². The van der Waals surface area contributed by atoms with Gasteiger partial charge in [0.2, 0.25) is 5.88 Å². The molecule has 0 atom stereocenters. The second-order valence-electron chi connectivity index (χ2n) is 4.56. The molecular formula is C15H11F2N3O. The van der Waals surface area contributed by atoms with E-state index in [4.69, 9.17) is 10.3 Å². The molecule has 0 aliphatic heterocycles. The summed E-state index contributed by atoms with van der Waals surface area (Å²) >= 11 is 0. The Labute approximate surface area is 119 Å². The van der Waals surface area contributed by atoms with Crippen molar-refractivity contribution in [3.05, 3.63) is 53.9 Å². The third kappa shape index (κ3) is 2.35. The lowest BCUT2D eigenvalue weighted by molar-refractivity contribution is 0.439. The predicted octanol–water partition coefficient (Wildman–Crippen LogP) is 3.57. The van der Waals surface area contributed by atoms with Gasteiger partial charge >= 0.3 is 0 Å². The third-order valence-corrected chi connectivity index (χ3v) is 3.13. The fourth-order valence-corrected chi connectivity index (χ4v) is 2.20. The molecule has 0 amide bonds. The number of anilines is 1. The lowest BCUT2D eigenvalue weighted by Crippen LogP contribution is -1.92. The van der Waals surface area contributed by atoms with Crippen LogP contribution in [0.1, 0.15) is 5.69 Å². The number of hydrogen-bond acceptors (Lipinski definition) is 4. The second-order valence-corrected chi connectivity index (χ2v) is 4.56. The molecule has 0 radical (unpaired) electrons. The van der Waals surface area contributed by atoms with Crippen molar-refractivity contribution in [2.45, 2.75) is 6.92 Å². The fraction of sp³-hybridized carbons (Fsp3) is 0.0667. The van der Waals surface area contributed by atoms with Crippen molar-refractivity contribution >= 4 is 5.88 Å². The van der Waals surface area contributed by atoms with Gasteiger partial charge in [-0.1, -0.05) is 5.16 Å². The summed E-state index contributed by atoms with van der Waals surface area (Å²) in [6, 6.07) is 6.69. The highest BCUT2D eigenvalue weighted by atomic mass is 19.1. The maximum atomic E-state index is 13.4. The number of hydrogen-bond donors (Lipinski definition) is 1. The minimum atomic E-state index is -0.695. The minimum Gasteiger partial charge on any atom is -0.367 e. The SMILES string of the molecule is Cc1ncccc1-c1noc(N)c1-c1cc(F)cc(F)c1. The molecule has 2 aromatic heterocycles. The van der Waals surface area contributed by atoms with Crippen molar-refractivity contribution in [2.75, 3.05) is 5.73 Å². The van der Waals surface area contributed by atoms with E-state index in [9.17, 15) is 8.78 Å². The summed E-state index contributed by atoms with van der Waals surface area (Å²) in [6.07, 6.45) is 1.64. The molecule has 106 valence electrons. The van der Waals surface area contributed by atoms with Crippen molar-refractivity contribution in [3.63, 3.8) is 0 Å². The van der Waals surface area contributed by atoms with E-state index in [2.05, 4.69) is 10.1 Å². The zero-order chi connectivity index (χ0) is 15.0. The number of rotatable bonds is 2. The smallest absolute Gasteiger partial charge is 0.230 e. The summed E-state index contributed by atoms with van der Waals surface area (Å²) < 4.78 is 31.8. The molecule has 2 heterocycles. The molecule has 0 aliphatic rings. The Kier molecular flexibility index (Phi) is 3.13.